The third-order valence-electron chi connectivity index (χ3n) is 2.66. The van der Waals surface area contributed by atoms with E-state index in [4.69, 9.17) is 5.73 Å². The fraction of sp³-hybridized carbons (Fsp3) is 0.455. The summed E-state index contributed by atoms with van der Waals surface area (Å²) >= 11 is 1.66. The minimum absolute atomic E-state index is 0.738. The van der Waals surface area contributed by atoms with E-state index in [-0.39, 0.29) is 0 Å². The molecule has 0 radical (unpaired) electrons. The van der Waals surface area contributed by atoms with E-state index in [9.17, 15) is 0 Å². The molecule has 0 aliphatic carbocycles. The van der Waals surface area contributed by atoms with Crippen molar-refractivity contribution >= 4 is 22.8 Å². The highest BCUT2D eigenvalue weighted by atomic mass is 32.1. The lowest BCUT2D eigenvalue weighted by atomic mass is 10.3. The highest BCUT2D eigenvalue weighted by Gasteiger charge is 2.15. The van der Waals surface area contributed by atoms with E-state index in [1.165, 1.54) is 0 Å². The van der Waals surface area contributed by atoms with Crippen molar-refractivity contribution in [3.63, 3.8) is 0 Å². The summed E-state index contributed by atoms with van der Waals surface area (Å²) in [6.45, 7) is 4.67. The molecule has 0 bridgehead atoms. The Bertz CT molecular complexity index is 528. The number of rotatable bonds is 3. The second-order valence-electron chi connectivity index (χ2n) is 4.16. The first-order chi connectivity index (χ1) is 7.99. The number of hydrogen-bond acceptors (Lipinski definition) is 5. The summed E-state index contributed by atoms with van der Waals surface area (Å²) in [4.78, 5) is 6.52. The van der Waals surface area contributed by atoms with Gasteiger partial charge in [-0.25, -0.2) is 4.98 Å². The molecule has 0 saturated carbocycles. The molecule has 92 valence electrons. The first-order valence-corrected chi connectivity index (χ1v) is 6.28. The van der Waals surface area contributed by atoms with Crippen molar-refractivity contribution in [2.24, 2.45) is 7.05 Å². The van der Waals surface area contributed by atoms with Crippen molar-refractivity contribution in [2.45, 2.75) is 20.4 Å². The topological polar surface area (TPSA) is 60.0 Å². The van der Waals surface area contributed by atoms with Gasteiger partial charge in [0, 0.05) is 19.5 Å². The molecule has 2 N–H and O–H groups in total. The Morgan fingerprint density at radius 1 is 1.47 bits per heavy atom. The van der Waals surface area contributed by atoms with Crippen LogP contribution in [0.5, 0.6) is 0 Å². The standard InChI is InChI=1S/C11H17N5S/c1-7-10(12)11(16(4)14-7)15(3)5-9-6-17-8(2)13-9/h6H,5,12H2,1-4H3. The average Bonchev–Trinajstić information content (AvgIpc) is 2.73. The molecular formula is C11H17N5S. The van der Waals surface area contributed by atoms with E-state index in [1.807, 2.05) is 32.6 Å². The number of nitrogen functional groups attached to an aromatic ring is 1. The molecule has 2 aromatic rings. The highest BCUT2D eigenvalue weighted by molar-refractivity contribution is 7.09. The van der Waals surface area contributed by atoms with Gasteiger partial charge in [-0.3, -0.25) is 4.68 Å². The van der Waals surface area contributed by atoms with Crippen molar-refractivity contribution in [3.05, 3.63) is 21.8 Å². The quantitative estimate of drug-likeness (QED) is 0.902. The van der Waals surface area contributed by atoms with Crippen molar-refractivity contribution in [3.8, 4) is 0 Å². The summed E-state index contributed by atoms with van der Waals surface area (Å²) < 4.78 is 1.81. The Labute approximate surface area is 105 Å². The van der Waals surface area contributed by atoms with Crippen LogP contribution in [0.15, 0.2) is 5.38 Å². The van der Waals surface area contributed by atoms with Gasteiger partial charge in [0.1, 0.15) is 5.82 Å². The number of aryl methyl sites for hydroxylation is 3. The Morgan fingerprint density at radius 3 is 2.65 bits per heavy atom. The van der Waals surface area contributed by atoms with Crippen LogP contribution in [0, 0.1) is 13.8 Å². The Balaban J connectivity index is 2.22. The molecule has 0 spiro atoms. The maximum Gasteiger partial charge on any atom is 0.150 e. The van der Waals surface area contributed by atoms with Gasteiger partial charge in [0.15, 0.2) is 0 Å². The van der Waals surface area contributed by atoms with Crippen LogP contribution in [-0.4, -0.2) is 21.8 Å². The molecule has 2 rings (SSSR count). The monoisotopic (exact) mass is 251 g/mol. The van der Waals surface area contributed by atoms with E-state index in [0.717, 1.165) is 34.4 Å². The third-order valence-corrected chi connectivity index (χ3v) is 3.49. The Hall–Kier alpha value is -1.56. The van der Waals surface area contributed by atoms with Gasteiger partial charge in [-0.2, -0.15) is 5.10 Å². The highest BCUT2D eigenvalue weighted by Crippen LogP contribution is 2.25. The largest absolute Gasteiger partial charge is 0.394 e. The lowest BCUT2D eigenvalue weighted by molar-refractivity contribution is 0.724. The molecule has 2 aromatic heterocycles. The van der Waals surface area contributed by atoms with Crippen LogP contribution >= 0.6 is 11.3 Å². The van der Waals surface area contributed by atoms with Gasteiger partial charge in [0.25, 0.3) is 0 Å². The first kappa shape index (κ1) is 11.9. The second-order valence-corrected chi connectivity index (χ2v) is 5.22. The van der Waals surface area contributed by atoms with Crippen LogP contribution in [-0.2, 0) is 13.6 Å². The van der Waals surface area contributed by atoms with Crippen LogP contribution in [0.2, 0.25) is 0 Å². The molecule has 6 heteroatoms. The number of aromatic nitrogens is 3. The van der Waals surface area contributed by atoms with Gasteiger partial charge in [-0.05, 0) is 13.8 Å². The number of hydrogen-bond donors (Lipinski definition) is 1. The van der Waals surface area contributed by atoms with E-state index in [1.54, 1.807) is 11.3 Å². The zero-order chi connectivity index (χ0) is 12.6. The molecule has 0 unspecified atom stereocenters. The van der Waals surface area contributed by atoms with Gasteiger partial charge in [0.2, 0.25) is 0 Å². The smallest absolute Gasteiger partial charge is 0.150 e. The molecule has 0 aromatic carbocycles. The molecule has 0 amide bonds. The maximum absolute atomic E-state index is 6.02. The molecule has 0 atom stereocenters. The van der Waals surface area contributed by atoms with Crippen molar-refractivity contribution in [1.29, 1.82) is 0 Å². The maximum atomic E-state index is 6.02. The number of thiazole rings is 1. The second kappa shape index (κ2) is 4.37. The zero-order valence-corrected chi connectivity index (χ0v) is 11.4. The van der Waals surface area contributed by atoms with E-state index >= 15 is 0 Å². The molecule has 5 nitrogen and oxygen atoms in total. The SMILES string of the molecule is Cc1nc(CN(C)c2c(N)c(C)nn2C)cs1. The molecule has 17 heavy (non-hydrogen) atoms. The summed E-state index contributed by atoms with van der Waals surface area (Å²) in [6.07, 6.45) is 0. The molecule has 0 aliphatic heterocycles. The van der Waals surface area contributed by atoms with Gasteiger partial charge in [0.05, 0.1) is 28.6 Å². The van der Waals surface area contributed by atoms with Gasteiger partial charge in [-0.1, -0.05) is 0 Å². The average molecular weight is 251 g/mol. The minimum atomic E-state index is 0.738. The lowest BCUT2D eigenvalue weighted by Gasteiger charge is -2.18. The molecule has 0 fully saturated rings. The van der Waals surface area contributed by atoms with Gasteiger partial charge < -0.3 is 10.6 Å². The normalized spacial score (nSPS) is 10.8. The molecular weight excluding hydrogens is 234 g/mol. The summed E-state index contributed by atoms with van der Waals surface area (Å²) in [5.74, 6) is 0.938. The summed E-state index contributed by atoms with van der Waals surface area (Å²) in [6, 6.07) is 0. The predicted octanol–water partition coefficient (Wildman–Crippen LogP) is 1.71. The number of nitrogens with two attached hydrogens (primary N) is 1. The van der Waals surface area contributed by atoms with Gasteiger partial charge in [-0.15, -0.1) is 11.3 Å². The minimum Gasteiger partial charge on any atom is -0.394 e. The van der Waals surface area contributed by atoms with Crippen LogP contribution in [0.25, 0.3) is 0 Å². The summed E-state index contributed by atoms with van der Waals surface area (Å²) in [5, 5.41) is 7.47. The van der Waals surface area contributed by atoms with Crippen LogP contribution in [0.4, 0.5) is 11.5 Å². The number of nitrogens with zero attached hydrogens (tertiary/aromatic N) is 4. The Morgan fingerprint density at radius 2 is 2.18 bits per heavy atom. The first-order valence-electron chi connectivity index (χ1n) is 5.40. The van der Waals surface area contributed by atoms with Crippen molar-refractivity contribution in [2.75, 3.05) is 17.7 Å². The third kappa shape index (κ3) is 2.26. The summed E-state index contributed by atoms with van der Waals surface area (Å²) in [5.41, 5.74) is 8.69. The fourth-order valence-corrected chi connectivity index (χ4v) is 2.52. The molecule has 0 aliphatic rings. The zero-order valence-electron chi connectivity index (χ0n) is 10.6. The summed E-state index contributed by atoms with van der Waals surface area (Å²) in [7, 11) is 3.91. The van der Waals surface area contributed by atoms with Crippen molar-refractivity contribution < 1.29 is 0 Å². The predicted molar refractivity (Wildman–Crippen MR) is 71.3 cm³/mol. The van der Waals surface area contributed by atoms with Crippen molar-refractivity contribution in [1.82, 2.24) is 14.8 Å². The fourth-order valence-electron chi connectivity index (χ4n) is 1.91. The van der Waals surface area contributed by atoms with Crippen LogP contribution in [0.3, 0.4) is 0 Å². The van der Waals surface area contributed by atoms with E-state index in [0.29, 0.717) is 0 Å². The van der Waals surface area contributed by atoms with E-state index in [2.05, 4.69) is 20.4 Å². The van der Waals surface area contributed by atoms with Crippen LogP contribution < -0.4 is 10.6 Å². The lowest BCUT2D eigenvalue weighted by Crippen LogP contribution is -2.20. The molecule has 2 heterocycles. The Kier molecular flexibility index (Phi) is 3.06. The van der Waals surface area contributed by atoms with E-state index < -0.39 is 0 Å². The number of anilines is 2. The molecule has 0 saturated heterocycles. The van der Waals surface area contributed by atoms with Gasteiger partial charge >= 0.3 is 0 Å². The van der Waals surface area contributed by atoms with Crippen LogP contribution in [0.1, 0.15) is 16.4 Å².